The highest BCUT2D eigenvalue weighted by atomic mass is 14.2. The maximum absolute atomic E-state index is 2.46. The Balaban J connectivity index is 1.33. The SMILES string of the molecule is CCCCCCCCCCCCC(CCCCCCCCCC)Cc1ccc2ccc3cccc4ccc1c2c34. The molecule has 0 radical (unpaired) electrons. The van der Waals surface area contributed by atoms with Crippen molar-refractivity contribution in [1.82, 2.24) is 0 Å². The molecule has 4 rings (SSSR count). The minimum atomic E-state index is 0.826. The number of hydrogen-bond acceptors (Lipinski definition) is 0. The van der Waals surface area contributed by atoms with Crippen LogP contribution >= 0.6 is 0 Å². The molecule has 0 aliphatic rings. The molecule has 0 spiro atoms. The Hall–Kier alpha value is -2.08. The van der Waals surface area contributed by atoms with Gasteiger partial charge in [-0.3, -0.25) is 0 Å². The fourth-order valence-corrected chi connectivity index (χ4v) is 7.12. The summed E-state index contributed by atoms with van der Waals surface area (Å²) in [7, 11) is 0. The van der Waals surface area contributed by atoms with Gasteiger partial charge in [0.1, 0.15) is 0 Å². The molecule has 1 atom stereocenters. The van der Waals surface area contributed by atoms with Crippen molar-refractivity contribution in [3.8, 4) is 0 Å². The van der Waals surface area contributed by atoms with Gasteiger partial charge in [0, 0.05) is 0 Å². The van der Waals surface area contributed by atoms with E-state index >= 15 is 0 Å². The molecule has 40 heavy (non-hydrogen) atoms. The smallest absolute Gasteiger partial charge is 0.00240 e. The van der Waals surface area contributed by atoms with Crippen LogP contribution in [0.15, 0.2) is 54.6 Å². The summed E-state index contributed by atoms with van der Waals surface area (Å²) in [6.07, 6.45) is 29.8. The van der Waals surface area contributed by atoms with Crippen LogP contribution in [0.2, 0.25) is 0 Å². The second-order valence-electron chi connectivity index (χ2n) is 12.9. The molecule has 0 aliphatic heterocycles. The highest BCUT2D eigenvalue weighted by Gasteiger charge is 2.15. The lowest BCUT2D eigenvalue weighted by molar-refractivity contribution is 0.400. The van der Waals surface area contributed by atoms with Gasteiger partial charge < -0.3 is 0 Å². The molecule has 4 aromatic rings. The zero-order valence-electron chi connectivity index (χ0n) is 26.1. The fourth-order valence-electron chi connectivity index (χ4n) is 7.12. The van der Waals surface area contributed by atoms with E-state index in [1.54, 1.807) is 5.56 Å². The van der Waals surface area contributed by atoms with Crippen LogP contribution in [0.25, 0.3) is 32.3 Å². The van der Waals surface area contributed by atoms with E-state index in [4.69, 9.17) is 0 Å². The first kappa shape index (κ1) is 30.9. The number of rotatable bonds is 22. The molecular formula is C40H58. The van der Waals surface area contributed by atoms with E-state index in [0.29, 0.717) is 0 Å². The second-order valence-corrected chi connectivity index (χ2v) is 12.9. The van der Waals surface area contributed by atoms with Crippen molar-refractivity contribution in [2.45, 2.75) is 149 Å². The molecule has 0 N–H and O–H groups in total. The Kier molecular flexibility index (Phi) is 13.6. The molecule has 218 valence electrons. The van der Waals surface area contributed by atoms with E-state index < -0.39 is 0 Å². The standard InChI is InChI=1S/C40H58/c1-3-5-7-9-11-13-14-16-18-20-23-33(22-19-17-15-12-10-8-6-4-2)32-37-29-28-36-27-26-34-24-21-25-35-30-31-38(37)40(36)39(34)35/h21,24-31,33H,3-20,22-23,32H2,1-2H3. The lowest BCUT2D eigenvalue weighted by atomic mass is 9.85. The van der Waals surface area contributed by atoms with Gasteiger partial charge in [-0.1, -0.05) is 197 Å². The van der Waals surface area contributed by atoms with Crippen molar-refractivity contribution >= 4 is 32.3 Å². The maximum atomic E-state index is 2.46. The Morgan fingerprint density at radius 2 is 0.850 bits per heavy atom. The molecule has 0 saturated carbocycles. The van der Waals surface area contributed by atoms with Gasteiger partial charge in [-0.05, 0) is 50.2 Å². The normalized spacial score (nSPS) is 12.8. The summed E-state index contributed by atoms with van der Waals surface area (Å²) in [6, 6.07) is 21.0. The second kappa shape index (κ2) is 17.7. The summed E-state index contributed by atoms with van der Waals surface area (Å²) in [5, 5.41) is 8.64. The molecule has 0 aliphatic carbocycles. The predicted molar refractivity (Wildman–Crippen MR) is 181 cm³/mol. The monoisotopic (exact) mass is 538 g/mol. The van der Waals surface area contributed by atoms with Crippen molar-refractivity contribution < 1.29 is 0 Å². The van der Waals surface area contributed by atoms with Crippen LogP contribution in [0.3, 0.4) is 0 Å². The Morgan fingerprint density at radius 1 is 0.425 bits per heavy atom. The molecule has 0 aromatic heterocycles. The van der Waals surface area contributed by atoms with Crippen molar-refractivity contribution in [3.05, 3.63) is 60.2 Å². The van der Waals surface area contributed by atoms with E-state index in [-0.39, 0.29) is 0 Å². The van der Waals surface area contributed by atoms with Gasteiger partial charge in [-0.25, -0.2) is 0 Å². The van der Waals surface area contributed by atoms with E-state index in [0.717, 1.165) is 5.92 Å². The Bertz CT molecular complexity index is 1200. The van der Waals surface area contributed by atoms with Crippen molar-refractivity contribution in [2.75, 3.05) is 0 Å². The van der Waals surface area contributed by atoms with E-state index in [2.05, 4.69) is 68.4 Å². The van der Waals surface area contributed by atoms with Crippen molar-refractivity contribution in [3.63, 3.8) is 0 Å². The number of hydrogen-bond donors (Lipinski definition) is 0. The Morgan fingerprint density at radius 3 is 1.38 bits per heavy atom. The fraction of sp³-hybridized carbons (Fsp3) is 0.600. The lowest BCUT2D eigenvalue weighted by Crippen LogP contribution is -2.06. The third-order valence-corrected chi connectivity index (χ3v) is 9.56. The van der Waals surface area contributed by atoms with E-state index in [1.165, 1.54) is 167 Å². The molecular weight excluding hydrogens is 480 g/mol. The van der Waals surface area contributed by atoms with Gasteiger partial charge in [-0.15, -0.1) is 0 Å². The minimum absolute atomic E-state index is 0.826. The van der Waals surface area contributed by atoms with Gasteiger partial charge in [0.15, 0.2) is 0 Å². The molecule has 1 unspecified atom stereocenters. The summed E-state index contributed by atoms with van der Waals surface area (Å²) in [4.78, 5) is 0. The Labute approximate surface area is 246 Å². The van der Waals surface area contributed by atoms with Crippen LogP contribution in [0.1, 0.15) is 148 Å². The lowest BCUT2D eigenvalue weighted by Gasteiger charge is -2.20. The molecule has 0 amide bonds. The first-order valence-corrected chi connectivity index (χ1v) is 17.5. The van der Waals surface area contributed by atoms with E-state index in [9.17, 15) is 0 Å². The van der Waals surface area contributed by atoms with Crippen LogP contribution in [-0.2, 0) is 6.42 Å². The van der Waals surface area contributed by atoms with Crippen molar-refractivity contribution in [2.24, 2.45) is 5.92 Å². The molecule has 0 heteroatoms. The molecule has 0 nitrogen and oxygen atoms in total. The number of unbranched alkanes of at least 4 members (excludes halogenated alkanes) is 16. The molecule has 0 saturated heterocycles. The highest BCUT2D eigenvalue weighted by molar-refractivity contribution is 6.23. The average Bonchev–Trinajstić information content (AvgIpc) is 2.98. The van der Waals surface area contributed by atoms with E-state index in [1.807, 2.05) is 0 Å². The van der Waals surface area contributed by atoms with Crippen LogP contribution in [0, 0.1) is 5.92 Å². The third kappa shape index (κ3) is 9.22. The average molecular weight is 539 g/mol. The molecule has 0 bridgehead atoms. The molecule has 4 aromatic carbocycles. The van der Waals surface area contributed by atoms with Crippen molar-refractivity contribution in [1.29, 1.82) is 0 Å². The van der Waals surface area contributed by atoms with Crippen LogP contribution < -0.4 is 0 Å². The third-order valence-electron chi connectivity index (χ3n) is 9.56. The maximum Gasteiger partial charge on any atom is -0.00240 e. The van der Waals surface area contributed by atoms with Gasteiger partial charge in [0.2, 0.25) is 0 Å². The largest absolute Gasteiger partial charge is 0.0654 e. The number of benzene rings is 4. The summed E-state index contributed by atoms with van der Waals surface area (Å²) in [5.74, 6) is 0.826. The first-order valence-electron chi connectivity index (χ1n) is 17.5. The summed E-state index contributed by atoms with van der Waals surface area (Å²) < 4.78 is 0. The zero-order valence-corrected chi connectivity index (χ0v) is 26.1. The first-order chi connectivity index (χ1) is 19.8. The molecule has 0 heterocycles. The minimum Gasteiger partial charge on any atom is -0.0654 e. The van der Waals surface area contributed by atoms with Gasteiger partial charge in [0.25, 0.3) is 0 Å². The van der Waals surface area contributed by atoms with Crippen LogP contribution in [0.5, 0.6) is 0 Å². The summed E-state index contributed by atoms with van der Waals surface area (Å²) in [5.41, 5.74) is 1.59. The summed E-state index contributed by atoms with van der Waals surface area (Å²) in [6.45, 7) is 4.63. The summed E-state index contributed by atoms with van der Waals surface area (Å²) >= 11 is 0. The van der Waals surface area contributed by atoms with Crippen LogP contribution in [-0.4, -0.2) is 0 Å². The molecule has 0 fully saturated rings. The topological polar surface area (TPSA) is 0 Å². The van der Waals surface area contributed by atoms with Gasteiger partial charge in [0.05, 0.1) is 0 Å². The zero-order chi connectivity index (χ0) is 27.8. The highest BCUT2D eigenvalue weighted by Crippen LogP contribution is 2.37. The van der Waals surface area contributed by atoms with Gasteiger partial charge >= 0.3 is 0 Å². The van der Waals surface area contributed by atoms with Gasteiger partial charge in [-0.2, -0.15) is 0 Å². The predicted octanol–water partition coefficient (Wildman–Crippen LogP) is 13.6. The quantitative estimate of drug-likeness (QED) is 0.0689. The van der Waals surface area contributed by atoms with Crippen LogP contribution in [0.4, 0.5) is 0 Å².